The van der Waals surface area contributed by atoms with Gasteiger partial charge in [-0.05, 0) is 120 Å². The molecule has 2 aromatic carbocycles. The van der Waals surface area contributed by atoms with Crippen LogP contribution in [-0.4, -0.2) is 84.5 Å². The van der Waals surface area contributed by atoms with Crippen molar-refractivity contribution in [2.45, 2.75) is 182 Å². The number of unbranched alkanes of at least 4 members (excludes halogenated alkanes) is 8. The smallest absolute Gasteiger partial charge is 0.410 e. The number of likely N-dealkylation sites (tertiary alicyclic amines) is 1. The summed E-state index contributed by atoms with van der Waals surface area (Å²) in [5.74, 6) is -0.633. The molecule has 0 radical (unpaired) electrons. The van der Waals surface area contributed by atoms with Gasteiger partial charge in [0.2, 0.25) is 0 Å². The fourth-order valence-electron chi connectivity index (χ4n) is 8.66. The van der Waals surface area contributed by atoms with Gasteiger partial charge in [0.25, 0.3) is 0 Å². The zero-order chi connectivity index (χ0) is 45.5. The number of carbonyl (C=O) groups excluding carboxylic acids is 1. The van der Waals surface area contributed by atoms with E-state index in [1.54, 1.807) is 17.0 Å². The lowest BCUT2D eigenvalue weighted by Crippen LogP contribution is -2.65. The van der Waals surface area contributed by atoms with Crippen LogP contribution in [0.4, 0.5) is 15.0 Å². The van der Waals surface area contributed by atoms with Crippen LogP contribution in [0.2, 0.25) is 0 Å². The number of aryl methyl sites for hydroxylation is 1. The molecule has 12 nitrogen and oxygen atoms in total. The number of benzene rings is 2. The van der Waals surface area contributed by atoms with Crippen molar-refractivity contribution < 1.29 is 37.6 Å². The van der Waals surface area contributed by atoms with E-state index in [-0.39, 0.29) is 31.4 Å². The fourth-order valence-corrected chi connectivity index (χ4v) is 8.66. The van der Waals surface area contributed by atoms with Gasteiger partial charge in [0.05, 0.1) is 18.2 Å². The van der Waals surface area contributed by atoms with Gasteiger partial charge in [-0.3, -0.25) is 0 Å². The zero-order valence-corrected chi connectivity index (χ0v) is 40.2. The number of fused-ring (bicyclic) bond motifs is 1. The Labute approximate surface area is 377 Å². The molecule has 3 heterocycles. The quantitative estimate of drug-likeness (QED) is 0.0511. The number of ether oxygens (including phenoxy) is 6. The highest BCUT2D eigenvalue weighted by molar-refractivity contribution is 5.93. The number of nitrogens with one attached hydrogen (secondary N) is 2. The normalized spacial score (nSPS) is 18.2. The van der Waals surface area contributed by atoms with Gasteiger partial charge >= 0.3 is 6.09 Å². The molecule has 2 aliphatic rings. The van der Waals surface area contributed by atoms with Crippen LogP contribution in [0.25, 0.3) is 22.0 Å². The van der Waals surface area contributed by atoms with Gasteiger partial charge < -0.3 is 38.7 Å². The highest BCUT2D eigenvalue weighted by Crippen LogP contribution is 2.37. The maximum atomic E-state index is 15.8. The molecule has 2 atom stereocenters. The molecule has 63 heavy (non-hydrogen) atoms. The Hall–Kier alpha value is -3.49. The van der Waals surface area contributed by atoms with Crippen molar-refractivity contribution in [1.82, 2.24) is 20.1 Å². The Morgan fingerprint density at radius 1 is 0.921 bits per heavy atom. The molecule has 5 rings (SSSR count). The molecule has 0 spiro atoms. The summed E-state index contributed by atoms with van der Waals surface area (Å²) in [6, 6.07) is 8.98. The van der Waals surface area contributed by atoms with Crippen molar-refractivity contribution in [1.29, 1.82) is 0 Å². The predicted molar refractivity (Wildman–Crippen MR) is 249 cm³/mol. The Bertz CT molecular complexity index is 1840. The number of nitrogens with zero attached hydrogens (tertiary/aromatic N) is 3. The first kappa shape index (κ1) is 50.5. The van der Waals surface area contributed by atoms with Crippen molar-refractivity contribution in [2.24, 2.45) is 5.41 Å². The molecule has 3 aromatic rings. The van der Waals surface area contributed by atoms with Gasteiger partial charge in [-0.1, -0.05) is 85.1 Å². The van der Waals surface area contributed by atoms with Gasteiger partial charge in [0.15, 0.2) is 36.2 Å². The van der Waals surface area contributed by atoms with Crippen LogP contribution in [0.5, 0.6) is 5.75 Å². The second-order valence-electron chi connectivity index (χ2n) is 19.5. The van der Waals surface area contributed by atoms with Gasteiger partial charge in [-0.15, -0.1) is 0 Å². The van der Waals surface area contributed by atoms with Gasteiger partial charge in [-0.25, -0.2) is 19.3 Å². The van der Waals surface area contributed by atoms with E-state index in [0.29, 0.717) is 57.0 Å². The second-order valence-corrected chi connectivity index (χ2v) is 19.5. The summed E-state index contributed by atoms with van der Waals surface area (Å²) < 4.78 is 53.9. The van der Waals surface area contributed by atoms with Crippen molar-refractivity contribution in [3.05, 3.63) is 41.7 Å². The maximum absolute atomic E-state index is 15.8. The largest absolute Gasteiger partial charge is 0.464 e. The Morgan fingerprint density at radius 3 is 2.25 bits per heavy atom. The van der Waals surface area contributed by atoms with Crippen molar-refractivity contribution in [3.8, 4) is 16.9 Å². The maximum Gasteiger partial charge on any atom is 0.410 e. The number of rotatable bonds is 24. The minimum Gasteiger partial charge on any atom is -0.464 e. The standard InChI is InChI=1S/C50H80FN5O7/c1-10-37-33-43(60-36-58-30-22-19-17-15-13-14-16-18-21-27-48(4,5)6)41(51)34-40(37)38-25-26-39-42(32-38)56(45-24-20-23-31-59-45)54-46(39)53-52-44-35-55(47(57)63-49(7,8)9)29-28-50(44,61-11-2)62-12-3/h25-26,32-34,44-45,52H,10-24,27-31,35-36H2,1-9H3,(H,53,54). The van der Waals surface area contributed by atoms with Crippen LogP contribution in [0.1, 0.15) is 164 Å². The minimum atomic E-state index is -0.986. The third-order valence-electron chi connectivity index (χ3n) is 12.0. The Balaban J connectivity index is 1.24. The summed E-state index contributed by atoms with van der Waals surface area (Å²) in [6.07, 6.45) is 15.9. The number of carbonyl (C=O) groups is 1. The van der Waals surface area contributed by atoms with E-state index in [9.17, 15) is 4.79 Å². The highest BCUT2D eigenvalue weighted by Gasteiger charge is 2.47. The van der Waals surface area contributed by atoms with Crippen LogP contribution < -0.4 is 15.6 Å². The Morgan fingerprint density at radius 2 is 1.62 bits per heavy atom. The number of aromatic nitrogens is 2. The second kappa shape index (κ2) is 24.2. The van der Waals surface area contributed by atoms with E-state index in [4.69, 9.17) is 33.5 Å². The molecule has 2 aliphatic heterocycles. The molecule has 2 fully saturated rings. The van der Waals surface area contributed by atoms with E-state index in [0.717, 1.165) is 59.7 Å². The van der Waals surface area contributed by atoms with E-state index in [1.807, 2.05) is 51.4 Å². The molecule has 354 valence electrons. The van der Waals surface area contributed by atoms with Crippen molar-refractivity contribution >= 4 is 22.8 Å². The number of anilines is 1. The summed E-state index contributed by atoms with van der Waals surface area (Å²) in [5.41, 5.74) is 10.1. The SMILES string of the molecule is CCOC1(OCC)CCN(C(=O)OC(C)(C)C)CC1NNc1nn(C2CCCCO2)c2cc(-c3cc(F)c(OCOCCCCCCCCCCCC(C)(C)C)cc3CC)ccc12. The molecule has 1 aromatic heterocycles. The lowest BCUT2D eigenvalue weighted by atomic mass is 9.89. The monoisotopic (exact) mass is 882 g/mol. The van der Waals surface area contributed by atoms with Gasteiger partial charge in [0, 0.05) is 44.7 Å². The lowest BCUT2D eigenvalue weighted by molar-refractivity contribution is -0.265. The van der Waals surface area contributed by atoms with Gasteiger partial charge in [-0.2, -0.15) is 5.10 Å². The van der Waals surface area contributed by atoms with Crippen LogP contribution in [0.3, 0.4) is 0 Å². The molecule has 13 heteroatoms. The topological polar surface area (TPSA) is 118 Å². The summed E-state index contributed by atoms with van der Waals surface area (Å²) in [7, 11) is 0. The minimum absolute atomic E-state index is 0.0144. The molecular formula is C50H80FN5O7. The molecule has 0 saturated carbocycles. The summed E-state index contributed by atoms with van der Waals surface area (Å²) >= 11 is 0. The van der Waals surface area contributed by atoms with Crippen LogP contribution in [0, 0.1) is 11.2 Å². The Kier molecular flexibility index (Phi) is 19.4. The number of halogens is 1. The molecule has 1 amide bonds. The van der Waals surface area contributed by atoms with E-state index >= 15 is 4.39 Å². The third-order valence-corrected chi connectivity index (χ3v) is 12.0. The fraction of sp³-hybridized carbons (Fsp3) is 0.720. The first-order chi connectivity index (χ1) is 30.2. The summed E-state index contributed by atoms with van der Waals surface area (Å²) in [5, 5.41) is 5.92. The van der Waals surface area contributed by atoms with E-state index < -0.39 is 23.2 Å². The summed E-state index contributed by atoms with van der Waals surface area (Å²) in [4.78, 5) is 14.9. The van der Waals surface area contributed by atoms with Crippen LogP contribution >= 0.6 is 0 Å². The third kappa shape index (κ3) is 15.0. The molecule has 0 bridgehead atoms. The number of piperidine rings is 1. The molecule has 2 unspecified atom stereocenters. The highest BCUT2D eigenvalue weighted by atomic mass is 19.1. The average molecular weight is 882 g/mol. The number of hydrogen-bond donors (Lipinski definition) is 2. The van der Waals surface area contributed by atoms with Crippen molar-refractivity contribution in [2.75, 3.05) is 51.7 Å². The first-order valence-corrected chi connectivity index (χ1v) is 24.1. The number of amides is 1. The molecular weight excluding hydrogens is 802 g/mol. The first-order valence-electron chi connectivity index (χ1n) is 24.1. The van der Waals surface area contributed by atoms with Crippen molar-refractivity contribution in [3.63, 3.8) is 0 Å². The van der Waals surface area contributed by atoms with Crippen LogP contribution in [0.15, 0.2) is 30.3 Å². The van der Waals surface area contributed by atoms with E-state index in [1.165, 1.54) is 51.4 Å². The molecule has 2 N–H and O–H groups in total. The van der Waals surface area contributed by atoms with Crippen LogP contribution in [-0.2, 0) is 30.1 Å². The number of hydrazine groups is 1. The van der Waals surface area contributed by atoms with Gasteiger partial charge in [0.1, 0.15) is 5.60 Å². The molecule has 0 aliphatic carbocycles. The molecule has 2 saturated heterocycles. The van der Waals surface area contributed by atoms with E-state index in [2.05, 4.69) is 44.6 Å². The average Bonchev–Trinajstić information content (AvgIpc) is 3.61. The zero-order valence-electron chi connectivity index (χ0n) is 40.2. The lowest BCUT2D eigenvalue weighted by Gasteiger charge is -2.46. The predicted octanol–water partition coefficient (Wildman–Crippen LogP) is 12.1. The number of hydrogen-bond acceptors (Lipinski definition) is 10. The summed E-state index contributed by atoms with van der Waals surface area (Å²) in [6.45, 7) is 21.3.